The minimum absolute atomic E-state index is 0.364. The molecule has 1 N–H and O–H groups in total. The first-order chi connectivity index (χ1) is 8.74. The van der Waals surface area contributed by atoms with Crippen LogP contribution < -0.4 is 5.32 Å². The monoisotopic (exact) mass is 294 g/mol. The first-order valence-electron chi connectivity index (χ1n) is 5.06. The standard InChI is InChI=1S/C11H7ClN4S2/c12-9-8-10(14-5-13-9)18-11(16-8)15-6-3-1-2-4-7(6)17/h1-5,17H,(H,15,16). The molecule has 0 fully saturated rings. The largest absolute Gasteiger partial charge is 0.331 e. The third-order valence-electron chi connectivity index (χ3n) is 2.30. The molecule has 0 aliphatic heterocycles. The van der Waals surface area contributed by atoms with E-state index in [-0.39, 0.29) is 0 Å². The number of halogens is 1. The minimum atomic E-state index is 0.364. The van der Waals surface area contributed by atoms with E-state index in [1.54, 1.807) is 0 Å². The summed E-state index contributed by atoms with van der Waals surface area (Å²) in [6.45, 7) is 0. The summed E-state index contributed by atoms with van der Waals surface area (Å²) in [5.74, 6) is 0. The van der Waals surface area contributed by atoms with Crippen LogP contribution in [0.25, 0.3) is 10.3 Å². The third-order valence-corrected chi connectivity index (χ3v) is 3.84. The van der Waals surface area contributed by atoms with E-state index in [4.69, 9.17) is 11.6 Å². The molecule has 0 saturated heterocycles. The number of nitrogens with one attached hydrogen (secondary N) is 1. The van der Waals surface area contributed by atoms with Crippen LogP contribution in [-0.4, -0.2) is 15.0 Å². The minimum Gasteiger partial charge on any atom is -0.331 e. The lowest BCUT2D eigenvalue weighted by molar-refractivity contribution is 1.22. The normalized spacial score (nSPS) is 10.8. The van der Waals surface area contributed by atoms with E-state index >= 15 is 0 Å². The van der Waals surface area contributed by atoms with Gasteiger partial charge in [0.2, 0.25) is 0 Å². The molecule has 3 rings (SSSR count). The molecule has 0 atom stereocenters. The van der Waals surface area contributed by atoms with Crippen molar-refractivity contribution in [1.29, 1.82) is 0 Å². The fourth-order valence-corrected chi connectivity index (χ4v) is 2.74. The third kappa shape index (κ3) is 2.14. The molecule has 0 bridgehead atoms. The molecule has 0 amide bonds. The van der Waals surface area contributed by atoms with Crippen LogP contribution in [0, 0.1) is 0 Å². The lowest BCUT2D eigenvalue weighted by Gasteiger charge is -2.04. The smallest absolute Gasteiger partial charge is 0.189 e. The van der Waals surface area contributed by atoms with E-state index in [2.05, 4.69) is 32.9 Å². The maximum absolute atomic E-state index is 5.95. The number of para-hydroxylation sites is 1. The first kappa shape index (κ1) is 11.7. The van der Waals surface area contributed by atoms with Crippen molar-refractivity contribution in [2.45, 2.75) is 4.90 Å². The summed E-state index contributed by atoms with van der Waals surface area (Å²) in [5.41, 5.74) is 1.51. The number of thiol groups is 1. The van der Waals surface area contributed by atoms with Gasteiger partial charge in [-0.2, -0.15) is 0 Å². The van der Waals surface area contributed by atoms with Gasteiger partial charge in [-0.1, -0.05) is 35.1 Å². The van der Waals surface area contributed by atoms with Crippen LogP contribution >= 0.6 is 35.6 Å². The summed E-state index contributed by atoms with van der Waals surface area (Å²) < 4.78 is 0. The first-order valence-corrected chi connectivity index (χ1v) is 6.70. The van der Waals surface area contributed by atoms with Gasteiger partial charge in [-0.3, -0.25) is 0 Å². The van der Waals surface area contributed by atoms with Crippen molar-refractivity contribution in [2.24, 2.45) is 0 Å². The van der Waals surface area contributed by atoms with Crippen molar-refractivity contribution in [2.75, 3.05) is 5.32 Å². The van der Waals surface area contributed by atoms with E-state index in [0.29, 0.717) is 15.8 Å². The second-order valence-corrected chi connectivity index (χ2v) is 5.30. The highest BCUT2D eigenvalue weighted by Gasteiger charge is 2.09. The van der Waals surface area contributed by atoms with Crippen LogP contribution in [0.4, 0.5) is 10.8 Å². The molecule has 2 heterocycles. The Morgan fingerprint density at radius 3 is 2.83 bits per heavy atom. The van der Waals surface area contributed by atoms with Crippen LogP contribution in [0.2, 0.25) is 5.15 Å². The highest BCUT2D eigenvalue weighted by atomic mass is 35.5. The molecule has 0 spiro atoms. The van der Waals surface area contributed by atoms with Gasteiger partial charge in [0, 0.05) is 4.90 Å². The molecular weight excluding hydrogens is 288 g/mol. The van der Waals surface area contributed by atoms with E-state index in [9.17, 15) is 0 Å². The number of anilines is 2. The zero-order valence-corrected chi connectivity index (χ0v) is 11.4. The van der Waals surface area contributed by atoms with Crippen molar-refractivity contribution >= 4 is 56.7 Å². The van der Waals surface area contributed by atoms with Crippen molar-refractivity contribution in [3.8, 4) is 0 Å². The summed E-state index contributed by atoms with van der Waals surface area (Å²) in [6, 6.07) is 7.70. The van der Waals surface area contributed by atoms with Crippen LogP contribution in [0.15, 0.2) is 35.5 Å². The molecule has 0 unspecified atom stereocenters. The van der Waals surface area contributed by atoms with Gasteiger partial charge in [-0.25, -0.2) is 15.0 Å². The number of fused-ring (bicyclic) bond motifs is 1. The summed E-state index contributed by atoms with van der Waals surface area (Å²) in [4.78, 5) is 14.0. The number of thiazole rings is 1. The van der Waals surface area contributed by atoms with Gasteiger partial charge in [-0.05, 0) is 12.1 Å². The fraction of sp³-hybridized carbons (Fsp3) is 0. The van der Waals surface area contributed by atoms with Gasteiger partial charge in [0.15, 0.2) is 10.3 Å². The van der Waals surface area contributed by atoms with Gasteiger partial charge in [0.25, 0.3) is 0 Å². The SMILES string of the molecule is Sc1ccccc1Nc1nc2c(Cl)ncnc2s1. The molecule has 4 nitrogen and oxygen atoms in total. The van der Waals surface area contributed by atoms with Crippen LogP contribution in [0.5, 0.6) is 0 Å². The van der Waals surface area contributed by atoms with Crippen LogP contribution in [-0.2, 0) is 0 Å². The van der Waals surface area contributed by atoms with Gasteiger partial charge < -0.3 is 5.32 Å². The van der Waals surface area contributed by atoms with Crippen LogP contribution in [0.1, 0.15) is 0 Å². The van der Waals surface area contributed by atoms with Gasteiger partial charge in [0.05, 0.1) is 5.69 Å². The molecule has 90 valence electrons. The summed E-state index contributed by atoms with van der Waals surface area (Å²) >= 11 is 11.7. The topological polar surface area (TPSA) is 50.7 Å². The summed E-state index contributed by atoms with van der Waals surface area (Å²) in [7, 11) is 0. The lowest BCUT2D eigenvalue weighted by atomic mass is 10.3. The Morgan fingerprint density at radius 2 is 2.06 bits per heavy atom. The molecule has 0 saturated carbocycles. The molecule has 7 heteroatoms. The number of aromatic nitrogens is 3. The van der Waals surface area contributed by atoms with Crippen molar-refractivity contribution in [3.63, 3.8) is 0 Å². The quantitative estimate of drug-likeness (QED) is 0.558. The Labute approximate surface area is 117 Å². The molecule has 2 aromatic heterocycles. The number of benzene rings is 1. The predicted octanol–water partition coefficient (Wildman–Crippen LogP) is 3.77. The van der Waals surface area contributed by atoms with Crippen molar-refractivity contribution < 1.29 is 0 Å². The zero-order chi connectivity index (χ0) is 12.5. The van der Waals surface area contributed by atoms with Gasteiger partial charge >= 0.3 is 0 Å². The van der Waals surface area contributed by atoms with E-state index in [0.717, 1.165) is 15.4 Å². The average molecular weight is 295 g/mol. The molecule has 0 aliphatic carbocycles. The Hall–Kier alpha value is -1.37. The zero-order valence-electron chi connectivity index (χ0n) is 8.96. The second kappa shape index (κ2) is 4.72. The van der Waals surface area contributed by atoms with Crippen LogP contribution in [0.3, 0.4) is 0 Å². The maximum atomic E-state index is 5.95. The molecule has 0 radical (unpaired) electrons. The lowest BCUT2D eigenvalue weighted by Crippen LogP contribution is -1.90. The number of rotatable bonds is 2. The molecule has 3 aromatic rings. The molecule has 0 aliphatic rings. The molecule has 18 heavy (non-hydrogen) atoms. The Bertz CT molecular complexity index is 713. The molecular formula is C11H7ClN4S2. The average Bonchev–Trinajstić information content (AvgIpc) is 2.76. The number of nitrogens with zero attached hydrogens (tertiary/aromatic N) is 3. The van der Waals surface area contributed by atoms with Gasteiger partial charge in [-0.15, -0.1) is 12.6 Å². The Kier molecular flexibility index (Phi) is 3.07. The van der Waals surface area contributed by atoms with Crippen molar-refractivity contribution in [3.05, 3.63) is 35.7 Å². The number of hydrogen-bond acceptors (Lipinski definition) is 6. The second-order valence-electron chi connectivity index (χ2n) is 3.48. The van der Waals surface area contributed by atoms with E-state index < -0.39 is 0 Å². The highest BCUT2D eigenvalue weighted by molar-refractivity contribution is 7.80. The summed E-state index contributed by atoms with van der Waals surface area (Å²) in [5, 5.41) is 4.27. The number of hydrogen-bond donors (Lipinski definition) is 2. The van der Waals surface area contributed by atoms with E-state index in [1.807, 2.05) is 24.3 Å². The fourth-order valence-electron chi connectivity index (χ4n) is 1.48. The Morgan fingerprint density at radius 1 is 1.22 bits per heavy atom. The molecule has 1 aromatic carbocycles. The highest BCUT2D eigenvalue weighted by Crippen LogP contribution is 2.31. The van der Waals surface area contributed by atoms with E-state index in [1.165, 1.54) is 17.7 Å². The summed E-state index contributed by atoms with van der Waals surface area (Å²) in [6.07, 6.45) is 1.43. The van der Waals surface area contributed by atoms with Gasteiger partial charge in [0.1, 0.15) is 16.7 Å². The maximum Gasteiger partial charge on any atom is 0.189 e. The predicted molar refractivity (Wildman–Crippen MR) is 77.2 cm³/mol. The Balaban J connectivity index is 2.01. The van der Waals surface area contributed by atoms with Crippen molar-refractivity contribution in [1.82, 2.24) is 15.0 Å².